The van der Waals surface area contributed by atoms with Crippen LogP contribution in [0.15, 0.2) is 30.3 Å². The largest absolute Gasteiger partial charge is 0.353 e. The van der Waals surface area contributed by atoms with Crippen molar-refractivity contribution in [1.29, 1.82) is 0 Å². The molecule has 0 amide bonds. The van der Waals surface area contributed by atoms with Gasteiger partial charge in [0.05, 0.1) is 0 Å². The van der Waals surface area contributed by atoms with Crippen LogP contribution >= 0.6 is 0 Å². The highest BCUT2D eigenvalue weighted by Gasteiger charge is 2.25. The fourth-order valence-electron chi connectivity index (χ4n) is 4.10. The molecule has 0 saturated carbocycles. The second kappa shape index (κ2) is 17.7. The molecule has 3 nitrogen and oxygen atoms in total. The lowest BCUT2D eigenvalue weighted by atomic mass is 10.0. The smallest absolute Gasteiger partial charge is 0.222 e. The molecular formula is C27H49NO2. The fourth-order valence-corrected chi connectivity index (χ4v) is 4.10. The summed E-state index contributed by atoms with van der Waals surface area (Å²) in [4.78, 5) is 1.76. The number of hydrogen-bond acceptors (Lipinski definition) is 3. The molecule has 0 aliphatic heterocycles. The molecule has 2 N–H and O–H groups in total. The number of aliphatic hydroxyl groups is 2. The molecule has 0 atom stereocenters. The van der Waals surface area contributed by atoms with Gasteiger partial charge in [0, 0.05) is 20.0 Å². The first-order valence-corrected chi connectivity index (χ1v) is 12.8. The zero-order valence-electron chi connectivity index (χ0n) is 20.0. The van der Waals surface area contributed by atoms with Gasteiger partial charge >= 0.3 is 0 Å². The van der Waals surface area contributed by atoms with E-state index in [1.54, 1.807) is 4.90 Å². The summed E-state index contributed by atoms with van der Waals surface area (Å²) < 4.78 is 0. The molecule has 0 heterocycles. The van der Waals surface area contributed by atoms with Crippen LogP contribution in [0.25, 0.3) is 0 Å². The van der Waals surface area contributed by atoms with Crippen LogP contribution < -0.4 is 0 Å². The molecule has 0 aromatic heterocycles. The lowest BCUT2D eigenvalue weighted by Crippen LogP contribution is -2.46. The van der Waals surface area contributed by atoms with Crippen molar-refractivity contribution < 1.29 is 10.2 Å². The second-order valence-electron chi connectivity index (χ2n) is 9.18. The topological polar surface area (TPSA) is 43.7 Å². The number of unbranched alkanes of at least 4 members (excludes halogenated alkanes) is 15. The Kier molecular flexibility index (Phi) is 16.1. The van der Waals surface area contributed by atoms with Gasteiger partial charge in [0.2, 0.25) is 5.91 Å². The van der Waals surface area contributed by atoms with Crippen molar-refractivity contribution in [2.24, 2.45) is 0 Å². The second-order valence-corrected chi connectivity index (χ2v) is 9.18. The van der Waals surface area contributed by atoms with Crippen molar-refractivity contribution in [2.75, 3.05) is 6.54 Å². The first-order chi connectivity index (χ1) is 14.5. The third-order valence-corrected chi connectivity index (χ3v) is 6.10. The maximum absolute atomic E-state index is 10.0. The standard InChI is InChI=1S/C27H49NO2/c1-3-4-5-6-7-8-9-10-11-12-13-14-15-16-17-21-24-28(27(2,29)30)25-26-22-19-18-20-23-26/h18-20,22-23,29-30H,3-17,21,24-25H2,1-2H3. The van der Waals surface area contributed by atoms with Crippen LogP contribution in [0, 0.1) is 0 Å². The Labute approximate surface area is 186 Å². The maximum Gasteiger partial charge on any atom is 0.222 e. The third-order valence-electron chi connectivity index (χ3n) is 6.10. The van der Waals surface area contributed by atoms with Crippen LogP contribution in [0.2, 0.25) is 0 Å². The SMILES string of the molecule is CCCCCCCCCCCCCCCCCCN(Cc1ccccc1)C(C)(O)O. The quantitative estimate of drug-likeness (QED) is 0.171. The highest BCUT2D eigenvalue weighted by molar-refractivity contribution is 5.14. The summed E-state index contributed by atoms with van der Waals surface area (Å²) in [5.74, 6) is -1.76. The van der Waals surface area contributed by atoms with Gasteiger partial charge in [-0.3, -0.25) is 0 Å². The van der Waals surface area contributed by atoms with Crippen LogP contribution in [0.1, 0.15) is 122 Å². The lowest BCUT2D eigenvalue weighted by Gasteiger charge is -2.32. The Hall–Kier alpha value is -0.900. The van der Waals surface area contributed by atoms with Gasteiger partial charge in [-0.15, -0.1) is 0 Å². The summed E-state index contributed by atoms with van der Waals surface area (Å²) in [6.45, 7) is 5.03. The van der Waals surface area contributed by atoms with Gasteiger partial charge in [0.1, 0.15) is 0 Å². The van der Waals surface area contributed by atoms with E-state index < -0.39 is 5.91 Å². The molecule has 0 bridgehead atoms. The summed E-state index contributed by atoms with van der Waals surface area (Å²) in [7, 11) is 0. The van der Waals surface area contributed by atoms with Crippen molar-refractivity contribution in [2.45, 2.75) is 129 Å². The third kappa shape index (κ3) is 15.0. The van der Waals surface area contributed by atoms with Gasteiger partial charge in [-0.25, -0.2) is 4.90 Å². The van der Waals surface area contributed by atoms with Crippen molar-refractivity contribution in [3.63, 3.8) is 0 Å². The highest BCUT2D eigenvalue weighted by Crippen LogP contribution is 2.16. The highest BCUT2D eigenvalue weighted by atomic mass is 16.5. The van der Waals surface area contributed by atoms with E-state index in [2.05, 4.69) is 6.92 Å². The summed E-state index contributed by atoms with van der Waals surface area (Å²) in [6, 6.07) is 10.0. The molecule has 0 saturated heterocycles. The van der Waals surface area contributed by atoms with Gasteiger partial charge in [0.15, 0.2) is 0 Å². The van der Waals surface area contributed by atoms with Crippen LogP contribution in [0.5, 0.6) is 0 Å². The zero-order chi connectivity index (χ0) is 21.9. The van der Waals surface area contributed by atoms with Gasteiger partial charge in [-0.05, 0) is 12.0 Å². The molecule has 0 aliphatic rings. The molecule has 0 spiro atoms. The van der Waals surface area contributed by atoms with Crippen molar-refractivity contribution >= 4 is 0 Å². The average molecular weight is 420 g/mol. The molecule has 1 aromatic carbocycles. The summed E-state index contributed by atoms with van der Waals surface area (Å²) >= 11 is 0. The molecule has 3 heteroatoms. The maximum atomic E-state index is 10.0. The van der Waals surface area contributed by atoms with E-state index in [1.807, 2.05) is 30.3 Å². The molecule has 1 rings (SSSR count). The fraction of sp³-hybridized carbons (Fsp3) is 0.778. The van der Waals surface area contributed by atoms with E-state index >= 15 is 0 Å². The Bertz CT molecular complexity index is 483. The van der Waals surface area contributed by atoms with Crippen molar-refractivity contribution in [3.8, 4) is 0 Å². The van der Waals surface area contributed by atoms with Crippen molar-refractivity contribution in [1.82, 2.24) is 4.90 Å². The Morgan fingerprint density at radius 2 is 1.03 bits per heavy atom. The molecule has 0 aliphatic carbocycles. The average Bonchev–Trinajstić information content (AvgIpc) is 2.72. The van der Waals surface area contributed by atoms with E-state index in [1.165, 1.54) is 103 Å². The number of benzene rings is 1. The van der Waals surface area contributed by atoms with Crippen LogP contribution in [-0.2, 0) is 6.54 Å². The Morgan fingerprint density at radius 3 is 1.43 bits per heavy atom. The minimum absolute atomic E-state index is 0.572. The van der Waals surface area contributed by atoms with E-state index in [9.17, 15) is 10.2 Å². The van der Waals surface area contributed by atoms with Gasteiger partial charge in [-0.2, -0.15) is 0 Å². The summed E-state index contributed by atoms with van der Waals surface area (Å²) in [5, 5.41) is 20.1. The molecule has 174 valence electrons. The van der Waals surface area contributed by atoms with Crippen LogP contribution in [0.4, 0.5) is 0 Å². The summed E-state index contributed by atoms with van der Waals surface area (Å²) in [5.41, 5.74) is 1.11. The van der Waals surface area contributed by atoms with E-state index in [-0.39, 0.29) is 0 Å². The predicted molar refractivity (Wildman–Crippen MR) is 129 cm³/mol. The molecule has 0 fully saturated rings. The lowest BCUT2D eigenvalue weighted by molar-refractivity contribution is -0.254. The predicted octanol–water partition coefficient (Wildman–Crippen LogP) is 7.41. The Morgan fingerprint density at radius 1 is 0.633 bits per heavy atom. The van der Waals surface area contributed by atoms with E-state index in [0.717, 1.165) is 18.5 Å². The van der Waals surface area contributed by atoms with E-state index in [0.29, 0.717) is 6.54 Å². The molecule has 1 aromatic rings. The number of hydrogen-bond donors (Lipinski definition) is 2. The molecule has 0 unspecified atom stereocenters. The molecule has 30 heavy (non-hydrogen) atoms. The number of rotatable bonds is 20. The molecule has 0 radical (unpaired) electrons. The van der Waals surface area contributed by atoms with Gasteiger partial charge in [0.25, 0.3) is 0 Å². The normalized spacial score (nSPS) is 12.0. The van der Waals surface area contributed by atoms with Gasteiger partial charge in [-0.1, -0.05) is 134 Å². The monoisotopic (exact) mass is 419 g/mol. The molecular weight excluding hydrogens is 370 g/mol. The van der Waals surface area contributed by atoms with Crippen LogP contribution in [-0.4, -0.2) is 27.6 Å². The first-order valence-electron chi connectivity index (χ1n) is 12.8. The minimum atomic E-state index is -1.76. The number of nitrogens with zero attached hydrogens (tertiary/aromatic N) is 1. The van der Waals surface area contributed by atoms with E-state index in [4.69, 9.17) is 0 Å². The summed E-state index contributed by atoms with van der Waals surface area (Å²) in [6.07, 6.45) is 21.6. The van der Waals surface area contributed by atoms with Crippen molar-refractivity contribution in [3.05, 3.63) is 35.9 Å². The zero-order valence-corrected chi connectivity index (χ0v) is 20.0. The van der Waals surface area contributed by atoms with Crippen LogP contribution in [0.3, 0.4) is 0 Å². The minimum Gasteiger partial charge on any atom is -0.353 e. The Balaban J connectivity index is 1.94. The van der Waals surface area contributed by atoms with Gasteiger partial charge < -0.3 is 10.2 Å². The first kappa shape index (κ1) is 27.1.